The van der Waals surface area contributed by atoms with E-state index < -0.39 is 16.1 Å². The van der Waals surface area contributed by atoms with Crippen molar-refractivity contribution in [3.63, 3.8) is 0 Å². The molecule has 1 N–H and O–H groups in total. The normalized spacial score (nSPS) is 12.2. The van der Waals surface area contributed by atoms with Gasteiger partial charge in [-0.25, -0.2) is 8.42 Å². The second-order valence-electron chi connectivity index (χ2n) is 7.48. The van der Waals surface area contributed by atoms with E-state index in [-0.39, 0.29) is 37.7 Å². The fourth-order valence-electron chi connectivity index (χ4n) is 3.24. The van der Waals surface area contributed by atoms with Gasteiger partial charge in [0.1, 0.15) is 6.04 Å². The fourth-order valence-corrected chi connectivity index (χ4v) is 4.65. The molecule has 2 rings (SSSR count). The second kappa shape index (κ2) is 11.9. The van der Waals surface area contributed by atoms with E-state index in [0.29, 0.717) is 26.3 Å². The molecule has 0 radical (unpaired) electrons. The monoisotopic (exact) mass is 533 g/mol. The summed E-state index contributed by atoms with van der Waals surface area (Å²) in [5.74, 6) is -0.607. The first-order valence-corrected chi connectivity index (χ1v) is 13.1. The van der Waals surface area contributed by atoms with Gasteiger partial charge in [-0.3, -0.25) is 13.9 Å². The third kappa shape index (κ3) is 7.78. The Bertz CT molecular complexity index is 1090. The highest BCUT2D eigenvalue weighted by Crippen LogP contribution is 2.24. The Morgan fingerprint density at radius 3 is 2.21 bits per heavy atom. The average Bonchev–Trinajstić information content (AvgIpc) is 2.76. The van der Waals surface area contributed by atoms with Gasteiger partial charge in [-0.05, 0) is 55.3 Å². The van der Waals surface area contributed by atoms with Crippen molar-refractivity contribution >= 4 is 62.3 Å². The molecule has 33 heavy (non-hydrogen) atoms. The molecule has 0 spiro atoms. The van der Waals surface area contributed by atoms with Crippen LogP contribution in [-0.4, -0.2) is 51.0 Å². The first-order valence-electron chi connectivity index (χ1n) is 10.1. The zero-order valence-electron chi connectivity index (χ0n) is 18.5. The van der Waals surface area contributed by atoms with Gasteiger partial charge in [0, 0.05) is 31.6 Å². The minimum absolute atomic E-state index is 0.0439. The lowest BCUT2D eigenvalue weighted by Gasteiger charge is -2.29. The van der Waals surface area contributed by atoms with Crippen molar-refractivity contribution in [2.24, 2.45) is 0 Å². The van der Waals surface area contributed by atoms with Crippen LogP contribution in [0.5, 0.6) is 0 Å². The van der Waals surface area contributed by atoms with Gasteiger partial charge in [-0.2, -0.15) is 0 Å². The van der Waals surface area contributed by atoms with Crippen LogP contribution in [0.1, 0.15) is 25.3 Å². The van der Waals surface area contributed by atoms with Crippen LogP contribution >= 0.6 is 34.8 Å². The Labute approximate surface area is 209 Å². The molecule has 7 nitrogen and oxygen atoms in total. The smallest absolute Gasteiger partial charge is 0.242 e. The molecule has 0 aliphatic heterocycles. The maximum Gasteiger partial charge on any atom is 0.242 e. The number of nitrogens with zero attached hydrogens (tertiary/aromatic N) is 2. The number of carbonyl (C=O) groups is 2. The molecule has 2 amide bonds. The number of halogens is 3. The Balaban J connectivity index is 2.15. The summed E-state index contributed by atoms with van der Waals surface area (Å²) in [5, 5.41) is 3.78. The van der Waals surface area contributed by atoms with E-state index in [9.17, 15) is 18.0 Å². The van der Waals surface area contributed by atoms with Crippen molar-refractivity contribution in [3.05, 3.63) is 63.1 Å². The molecule has 180 valence electrons. The minimum Gasteiger partial charge on any atom is -0.357 e. The SMILES string of the molecule is CNC(=O)[C@@H](C)N(Cc1ccc(Cl)c(Cl)c1)C(=O)CCCN(c1ccc(Cl)cc1)S(C)(=O)=O. The molecule has 0 heterocycles. The Morgan fingerprint density at radius 1 is 1.03 bits per heavy atom. The minimum atomic E-state index is -3.57. The third-order valence-corrected chi connectivity index (χ3v) is 7.20. The molecule has 0 unspecified atom stereocenters. The van der Waals surface area contributed by atoms with E-state index >= 15 is 0 Å². The Hall–Kier alpha value is -2.00. The second-order valence-corrected chi connectivity index (χ2v) is 10.6. The lowest BCUT2D eigenvalue weighted by molar-refractivity contribution is -0.140. The largest absolute Gasteiger partial charge is 0.357 e. The maximum absolute atomic E-state index is 13.1. The summed E-state index contributed by atoms with van der Waals surface area (Å²) in [4.78, 5) is 26.8. The molecule has 2 aromatic rings. The van der Waals surface area contributed by atoms with E-state index in [2.05, 4.69) is 5.32 Å². The van der Waals surface area contributed by atoms with Gasteiger partial charge in [-0.1, -0.05) is 40.9 Å². The van der Waals surface area contributed by atoms with Gasteiger partial charge in [0.05, 0.1) is 22.0 Å². The quantitative estimate of drug-likeness (QED) is 0.491. The average molecular weight is 535 g/mol. The van der Waals surface area contributed by atoms with E-state index in [0.717, 1.165) is 6.26 Å². The summed E-state index contributed by atoms with van der Waals surface area (Å²) >= 11 is 18.0. The molecular weight excluding hydrogens is 509 g/mol. The van der Waals surface area contributed by atoms with Gasteiger partial charge < -0.3 is 10.2 Å². The van der Waals surface area contributed by atoms with Crippen LogP contribution in [0.2, 0.25) is 15.1 Å². The zero-order chi connectivity index (χ0) is 24.8. The summed E-state index contributed by atoms with van der Waals surface area (Å²) in [6, 6.07) is 10.7. The molecule has 0 fully saturated rings. The molecule has 2 aromatic carbocycles. The standard InChI is InChI=1S/C22H26Cl3N3O4S/c1-15(22(30)26-2)27(14-16-6-11-19(24)20(25)13-16)21(29)5-4-12-28(33(3,31)32)18-9-7-17(23)8-10-18/h6-11,13,15H,4-5,12,14H2,1-3H3,(H,26,30)/t15-/m1/s1. The van der Waals surface area contributed by atoms with Crippen molar-refractivity contribution in [1.29, 1.82) is 0 Å². The van der Waals surface area contributed by atoms with Crippen LogP contribution in [0.25, 0.3) is 0 Å². The van der Waals surface area contributed by atoms with E-state index in [1.807, 2.05) is 0 Å². The number of carbonyl (C=O) groups excluding carboxylic acids is 2. The molecule has 0 aromatic heterocycles. The highest BCUT2D eigenvalue weighted by atomic mass is 35.5. The number of sulfonamides is 1. The number of hydrogen-bond donors (Lipinski definition) is 1. The summed E-state index contributed by atoms with van der Waals surface area (Å²) in [5.41, 5.74) is 1.17. The molecule has 0 aliphatic rings. The Kier molecular flexibility index (Phi) is 9.84. The molecule has 11 heteroatoms. The summed E-state index contributed by atoms with van der Waals surface area (Å²) < 4.78 is 25.8. The van der Waals surface area contributed by atoms with Gasteiger partial charge in [-0.15, -0.1) is 0 Å². The number of hydrogen-bond acceptors (Lipinski definition) is 4. The summed E-state index contributed by atoms with van der Waals surface area (Å²) in [7, 11) is -2.07. The first-order chi connectivity index (χ1) is 15.4. The molecule has 0 aliphatic carbocycles. The molecule has 0 saturated heterocycles. The van der Waals surface area contributed by atoms with Crippen molar-refractivity contribution in [1.82, 2.24) is 10.2 Å². The lowest BCUT2D eigenvalue weighted by Crippen LogP contribution is -2.46. The highest BCUT2D eigenvalue weighted by Gasteiger charge is 2.26. The zero-order valence-corrected chi connectivity index (χ0v) is 21.6. The molecule has 0 saturated carbocycles. The molecular formula is C22H26Cl3N3O4S. The van der Waals surface area contributed by atoms with Crippen LogP contribution in [-0.2, 0) is 26.2 Å². The number of rotatable bonds is 10. The van der Waals surface area contributed by atoms with Crippen molar-refractivity contribution in [2.75, 3.05) is 24.2 Å². The van der Waals surface area contributed by atoms with Crippen LogP contribution in [0.4, 0.5) is 5.69 Å². The van der Waals surface area contributed by atoms with Crippen LogP contribution in [0, 0.1) is 0 Å². The van der Waals surface area contributed by atoms with Crippen LogP contribution in [0.3, 0.4) is 0 Å². The molecule has 1 atom stereocenters. The van der Waals surface area contributed by atoms with Crippen LogP contribution in [0.15, 0.2) is 42.5 Å². The summed E-state index contributed by atoms with van der Waals surface area (Å²) in [6.45, 7) is 1.88. The predicted octanol–water partition coefficient (Wildman–Crippen LogP) is 4.36. The first kappa shape index (κ1) is 27.2. The fraction of sp³-hybridized carbons (Fsp3) is 0.364. The number of amides is 2. The topological polar surface area (TPSA) is 86.8 Å². The van der Waals surface area contributed by atoms with Crippen LogP contribution < -0.4 is 9.62 Å². The van der Waals surface area contributed by atoms with Crippen molar-refractivity contribution in [2.45, 2.75) is 32.4 Å². The van der Waals surface area contributed by atoms with Gasteiger partial charge in [0.2, 0.25) is 21.8 Å². The van der Waals surface area contributed by atoms with Gasteiger partial charge in [0.25, 0.3) is 0 Å². The van der Waals surface area contributed by atoms with Gasteiger partial charge >= 0.3 is 0 Å². The van der Waals surface area contributed by atoms with E-state index in [4.69, 9.17) is 34.8 Å². The predicted molar refractivity (Wildman–Crippen MR) is 133 cm³/mol. The Morgan fingerprint density at radius 2 is 1.67 bits per heavy atom. The lowest BCUT2D eigenvalue weighted by atomic mass is 10.1. The highest BCUT2D eigenvalue weighted by molar-refractivity contribution is 7.92. The van der Waals surface area contributed by atoms with Crippen molar-refractivity contribution in [3.8, 4) is 0 Å². The number of likely N-dealkylation sites (N-methyl/N-ethyl adjacent to an activating group) is 1. The third-order valence-electron chi connectivity index (χ3n) is 5.02. The molecule has 0 bridgehead atoms. The van der Waals surface area contributed by atoms with E-state index in [1.165, 1.54) is 16.3 Å². The number of anilines is 1. The van der Waals surface area contributed by atoms with Gasteiger partial charge in [0.15, 0.2) is 0 Å². The number of benzene rings is 2. The number of nitrogens with one attached hydrogen (secondary N) is 1. The van der Waals surface area contributed by atoms with Crippen molar-refractivity contribution < 1.29 is 18.0 Å². The van der Waals surface area contributed by atoms with E-state index in [1.54, 1.807) is 49.4 Å². The maximum atomic E-state index is 13.1. The summed E-state index contributed by atoms with van der Waals surface area (Å²) in [6.07, 6.45) is 1.41.